The molecule has 1 atom stereocenters. The quantitative estimate of drug-likeness (QED) is 0.922. The van der Waals surface area contributed by atoms with Gasteiger partial charge in [0.25, 0.3) is 0 Å². The molecule has 116 valence electrons. The predicted molar refractivity (Wildman–Crippen MR) is 77.7 cm³/mol. The highest BCUT2D eigenvalue weighted by molar-refractivity contribution is 5.29. The zero-order valence-corrected chi connectivity index (χ0v) is 12.3. The summed E-state index contributed by atoms with van der Waals surface area (Å²) < 4.78 is 25.3. The van der Waals surface area contributed by atoms with Crippen molar-refractivity contribution in [2.45, 2.75) is 63.3 Å². The summed E-state index contributed by atoms with van der Waals surface area (Å²) in [4.78, 5) is 0. The van der Waals surface area contributed by atoms with Crippen LogP contribution in [0.25, 0.3) is 0 Å². The Morgan fingerprint density at radius 3 is 2.76 bits per heavy atom. The Bertz CT molecular complexity index is 483. The van der Waals surface area contributed by atoms with Crippen LogP contribution in [0.2, 0.25) is 0 Å². The molecule has 0 bridgehead atoms. The number of ether oxygens (including phenoxy) is 2. The fourth-order valence-corrected chi connectivity index (χ4v) is 3.56. The molecule has 1 saturated heterocycles. The number of halogens is 1. The smallest absolute Gasteiger partial charge is 0.127 e. The van der Waals surface area contributed by atoms with Gasteiger partial charge in [-0.15, -0.1) is 0 Å². The van der Waals surface area contributed by atoms with Gasteiger partial charge in [-0.2, -0.15) is 0 Å². The van der Waals surface area contributed by atoms with Gasteiger partial charge in [0.05, 0.1) is 18.3 Å². The first-order valence-corrected chi connectivity index (χ1v) is 7.90. The molecular weight excluding hydrogens is 271 g/mol. The summed E-state index contributed by atoms with van der Waals surface area (Å²) in [6.45, 7) is 0.271. The molecule has 3 nitrogen and oxygen atoms in total. The molecule has 1 unspecified atom stereocenters. The van der Waals surface area contributed by atoms with Crippen LogP contribution in [0.1, 0.15) is 50.5 Å². The molecule has 1 aliphatic heterocycles. The van der Waals surface area contributed by atoms with Crippen LogP contribution in [-0.4, -0.2) is 23.4 Å². The van der Waals surface area contributed by atoms with E-state index in [1.165, 1.54) is 31.4 Å². The first-order valence-electron chi connectivity index (χ1n) is 7.90. The average Bonchev–Trinajstić information content (AvgIpc) is 2.88. The Kier molecular flexibility index (Phi) is 4.45. The number of aliphatic hydroxyl groups is 1. The van der Waals surface area contributed by atoms with Crippen LogP contribution in [0.15, 0.2) is 18.2 Å². The van der Waals surface area contributed by atoms with Crippen molar-refractivity contribution in [1.29, 1.82) is 0 Å². The third kappa shape index (κ3) is 3.55. The Morgan fingerprint density at radius 2 is 2.00 bits per heavy atom. The van der Waals surface area contributed by atoms with E-state index in [1.807, 2.05) is 0 Å². The SMILES string of the molecule is OCc1cc(F)cc(OCC2CCC3(CCCCC3)O2)c1. The van der Waals surface area contributed by atoms with E-state index in [-0.39, 0.29) is 24.1 Å². The number of hydrogen-bond donors (Lipinski definition) is 1. The molecule has 2 aliphatic rings. The lowest BCUT2D eigenvalue weighted by molar-refractivity contribution is -0.0748. The van der Waals surface area contributed by atoms with Gasteiger partial charge in [-0.05, 0) is 43.4 Å². The molecule has 2 fully saturated rings. The predicted octanol–water partition coefficient (Wildman–Crippen LogP) is 3.58. The number of benzene rings is 1. The molecule has 4 heteroatoms. The van der Waals surface area contributed by atoms with Crippen LogP contribution < -0.4 is 4.74 Å². The first-order chi connectivity index (χ1) is 10.2. The normalized spacial score (nSPS) is 24.4. The van der Waals surface area contributed by atoms with Crippen LogP contribution in [0.3, 0.4) is 0 Å². The molecule has 1 N–H and O–H groups in total. The van der Waals surface area contributed by atoms with E-state index in [9.17, 15) is 4.39 Å². The van der Waals surface area contributed by atoms with Crippen LogP contribution >= 0.6 is 0 Å². The minimum atomic E-state index is -0.382. The molecule has 1 heterocycles. The molecule has 1 aliphatic carbocycles. The van der Waals surface area contributed by atoms with Gasteiger partial charge in [-0.25, -0.2) is 4.39 Å². The van der Waals surface area contributed by atoms with Crippen LogP contribution in [0.5, 0.6) is 5.75 Å². The lowest BCUT2D eigenvalue weighted by atomic mass is 9.83. The Morgan fingerprint density at radius 1 is 1.19 bits per heavy atom. The Balaban J connectivity index is 1.55. The number of hydrogen-bond acceptors (Lipinski definition) is 3. The highest BCUT2D eigenvalue weighted by Gasteiger charge is 2.40. The van der Waals surface area contributed by atoms with Crippen molar-refractivity contribution in [2.75, 3.05) is 6.61 Å². The van der Waals surface area contributed by atoms with Crippen LogP contribution in [0.4, 0.5) is 4.39 Å². The third-order valence-electron chi connectivity index (χ3n) is 4.65. The molecule has 1 saturated carbocycles. The summed E-state index contributed by atoms with van der Waals surface area (Å²) in [7, 11) is 0. The van der Waals surface area contributed by atoms with E-state index in [1.54, 1.807) is 6.07 Å². The van der Waals surface area contributed by atoms with Gasteiger partial charge in [-0.3, -0.25) is 0 Å². The summed E-state index contributed by atoms with van der Waals surface area (Å²) in [6, 6.07) is 4.34. The van der Waals surface area contributed by atoms with Crippen molar-refractivity contribution in [3.8, 4) is 5.75 Å². The maximum atomic E-state index is 13.4. The molecule has 0 amide bonds. The molecule has 21 heavy (non-hydrogen) atoms. The van der Waals surface area contributed by atoms with Gasteiger partial charge in [0.1, 0.15) is 18.2 Å². The zero-order chi connectivity index (χ0) is 14.7. The van der Waals surface area contributed by atoms with Gasteiger partial charge in [0.15, 0.2) is 0 Å². The maximum Gasteiger partial charge on any atom is 0.127 e. The number of rotatable bonds is 4. The minimum Gasteiger partial charge on any atom is -0.491 e. The summed E-state index contributed by atoms with van der Waals surface area (Å²) >= 11 is 0. The van der Waals surface area contributed by atoms with E-state index in [0.717, 1.165) is 25.7 Å². The first kappa shape index (κ1) is 14.8. The van der Waals surface area contributed by atoms with Gasteiger partial charge in [0.2, 0.25) is 0 Å². The largest absolute Gasteiger partial charge is 0.491 e. The van der Waals surface area contributed by atoms with Gasteiger partial charge in [-0.1, -0.05) is 19.3 Å². The van der Waals surface area contributed by atoms with Crippen molar-refractivity contribution in [3.63, 3.8) is 0 Å². The molecule has 1 aromatic carbocycles. The van der Waals surface area contributed by atoms with Gasteiger partial charge >= 0.3 is 0 Å². The van der Waals surface area contributed by atoms with E-state index >= 15 is 0 Å². The number of aliphatic hydroxyl groups excluding tert-OH is 1. The standard InChI is InChI=1S/C17H23FO3/c18-14-8-13(11-19)9-16(10-14)20-12-15-4-7-17(21-15)5-2-1-3-6-17/h8-10,15,19H,1-7,11-12H2. The Labute approximate surface area is 125 Å². The van der Waals surface area contributed by atoms with Crippen molar-refractivity contribution in [1.82, 2.24) is 0 Å². The van der Waals surface area contributed by atoms with Crippen molar-refractivity contribution >= 4 is 0 Å². The highest BCUT2D eigenvalue weighted by Crippen LogP contribution is 2.41. The highest BCUT2D eigenvalue weighted by atomic mass is 19.1. The zero-order valence-electron chi connectivity index (χ0n) is 12.3. The fraction of sp³-hybridized carbons (Fsp3) is 0.647. The second-order valence-electron chi connectivity index (χ2n) is 6.29. The molecule has 1 spiro atoms. The van der Waals surface area contributed by atoms with E-state index < -0.39 is 0 Å². The summed E-state index contributed by atoms with van der Waals surface area (Å²) in [6.07, 6.45) is 8.41. The van der Waals surface area contributed by atoms with E-state index in [2.05, 4.69) is 0 Å². The minimum absolute atomic E-state index is 0.0878. The monoisotopic (exact) mass is 294 g/mol. The van der Waals surface area contributed by atoms with Gasteiger partial charge in [0, 0.05) is 6.07 Å². The molecule has 1 aromatic rings. The second kappa shape index (κ2) is 6.32. The second-order valence-corrected chi connectivity index (χ2v) is 6.29. The van der Waals surface area contributed by atoms with Gasteiger partial charge < -0.3 is 14.6 Å². The molecule has 3 rings (SSSR count). The summed E-state index contributed by atoms with van der Waals surface area (Å²) in [5.41, 5.74) is 0.617. The lowest BCUT2D eigenvalue weighted by Crippen LogP contribution is -2.32. The summed E-state index contributed by atoms with van der Waals surface area (Å²) in [5, 5.41) is 9.09. The van der Waals surface area contributed by atoms with Crippen LogP contribution in [-0.2, 0) is 11.3 Å². The summed E-state index contributed by atoms with van der Waals surface area (Å²) in [5.74, 6) is 0.0832. The molecule has 0 radical (unpaired) electrons. The fourth-order valence-electron chi connectivity index (χ4n) is 3.56. The maximum absolute atomic E-state index is 13.4. The Hall–Kier alpha value is -1.13. The van der Waals surface area contributed by atoms with Crippen LogP contribution in [0, 0.1) is 5.82 Å². The van der Waals surface area contributed by atoms with E-state index in [0.29, 0.717) is 17.9 Å². The van der Waals surface area contributed by atoms with Crippen molar-refractivity contribution in [2.24, 2.45) is 0 Å². The van der Waals surface area contributed by atoms with E-state index in [4.69, 9.17) is 14.6 Å². The lowest BCUT2D eigenvalue weighted by Gasteiger charge is -2.33. The topological polar surface area (TPSA) is 38.7 Å². The molecule has 0 aromatic heterocycles. The van der Waals surface area contributed by atoms with Crippen molar-refractivity contribution < 1.29 is 19.0 Å². The van der Waals surface area contributed by atoms with Crippen molar-refractivity contribution in [3.05, 3.63) is 29.6 Å². The third-order valence-corrected chi connectivity index (χ3v) is 4.65. The molecular formula is C17H23FO3. The average molecular weight is 294 g/mol.